The number of rotatable bonds is 5. The van der Waals surface area contributed by atoms with E-state index in [4.69, 9.17) is 0 Å². The Balaban J connectivity index is 1.49. The molecule has 0 bridgehead atoms. The van der Waals surface area contributed by atoms with Crippen LogP contribution in [-0.4, -0.2) is 29.7 Å². The number of nitrogens with zero attached hydrogens (tertiary/aromatic N) is 5. The van der Waals surface area contributed by atoms with E-state index in [-0.39, 0.29) is 17.9 Å². The molecule has 0 saturated heterocycles. The number of carbonyl (C=O) groups excluding carboxylic acids is 1. The van der Waals surface area contributed by atoms with Gasteiger partial charge in [0.2, 0.25) is 0 Å². The van der Waals surface area contributed by atoms with Crippen molar-refractivity contribution in [3.05, 3.63) is 75.2 Å². The molecule has 0 N–H and O–H groups in total. The predicted octanol–water partition coefficient (Wildman–Crippen LogP) is 3.84. The molecule has 0 atom stereocenters. The van der Waals surface area contributed by atoms with Gasteiger partial charge in [-0.2, -0.15) is 5.10 Å². The molecule has 0 unspecified atom stereocenters. The highest BCUT2D eigenvalue weighted by molar-refractivity contribution is 5.97. The minimum atomic E-state index is -0.259. The van der Waals surface area contributed by atoms with E-state index >= 15 is 0 Å². The van der Waals surface area contributed by atoms with Crippen LogP contribution in [0.25, 0.3) is 16.7 Å². The predicted molar refractivity (Wildman–Crippen MR) is 119 cm³/mol. The summed E-state index contributed by atoms with van der Waals surface area (Å²) < 4.78 is 5.29. The Morgan fingerprint density at radius 2 is 1.77 bits per heavy atom. The fraction of sp³-hybridized carbons (Fsp3) is 0.333. The molecule has 1 aliphatic rings. The SMILES string of the molecule is Cc1cc(C)cc(-n2ncc3c(=O)n(CC(=O)c4cc(C)n(C5CC5)c4C)cnc32)c1. The number of benzene rings is 1. The highest BCUT2D eigenvalue weighted by Crippen LogP contribution is 2.38. The zero-order valence-corrected chi connectivity index (χ0v) is 18.2. The van der Waals surface area contributed by atoms with Gasteiger partial charge in [-0.05, 0) is 69.9 Å². The fourth-order valence-corrected chi connectivity index (χ4v) is 4.52. The van der Waals surface area contributed by atoms with Crippen LogP contribution in [0, 0.1) is 27.7 Å². The van der Waals surface area contributed by atoms with E-state index in [2.05, 4.69) is 20.7 Å². The summed E-state index contributed by atoms with van der Waals surface area (Å²) in [4.78, 5) is 30.5. The van der Waals surface area contributed by atoms with Crippen molar-refractivity contribution in [2.24, 2.45) is 0 Å². The summed E-state index contributed by atoms with van der Waals surface area (Å²) in [5.74, 6) is -0.0787. The number of ketones is 1. The minimum absolute atomic E-state index is 0.0362. The largest absolute Gasteiger partial charge is 0.345 e. The van der Waals surface area contributed by atoms with E-state index < -0.39 is 0 Å². The van der Waals surface area contributed by atoms with Gasteiger partial charge in [0.05, 0.1) is 18.4 Å². The lowest BCUT2D eigenvalue weighted by Gasteiger charge is -2.09. The third kappa shape index (κ3) is 3.30. The summed E-state index contributed by atoms with van der Waals surface area (Å²) >= 11 is 0. The van der Waals surface area contributed by atoms with Crippen LogP contribution in [-0.2, 0) is 6.54 Å². The number of aromatic nitrogens is 5. The molecular formula is C24H25N5O2. The molecule has 3 aromatic heterocycles. The Bertz CT molecular complexity index is 1380. The van der Waals surface area contributed by atoms with Crippen molar-refractivity contribution >= 4 is 16.8 Å². The van der Waals surface area contributed by atoms with E-state index in [1.807, 2.05) is 45.9 Å². The zero-order valence-electron chi connectivity index (χ0n) is 18.2. The first kappa shape index (κ1) is 19.5. The van der Waals surface area contributed by atoms with Crippen molar-refractivity contribution in [3.8, 4) is 5.69 Å². The molecule has 1 saturated carbocycles. The van der Waals surface area contributed by atoms with Gasteiger partial charge in [-0.1, -0.05) is 6.07 Å². The van der Waals surface area contributed by atoms with Gasteiger partial charge in [0.1, 0.15) is 11.7 Å². The lowest BCUT2D eigenvalue weighted by molar-refractivity contribution is 0.0970. The average molecular weight is 415 g/mol. The Morgan fingerprint density at radius 1 is 1.06 bits per heavy atom. The van der Waals surface area contributed by atoms with Crippen molar-refractivity contribution in [1.29, 1.82) is 0 Å². The van der Waals surface area contributed by atoms with E-state index in [0.717, 1.165) is 41.0 Å². The van der Waals surface area contributed by atoms with Crippen LogP contribution in [0.5, 0.6) is 0 Å². The average Bonchev–Trinajstić information content (AvgIpc) is 3.36. The van der Waals surface area contributed by atoms with Gasteiger partial charge < -0.3 is 4.57 Å². The second-order valence-corrected chi connectivity index (χ2v) is 8.63. The summed E-state index contributed by atoms with van der Waals surface area (Å²) in [5.41, 5.74) is 6.08. The molecule has 4 aromatic rings. The standard InChI is InChI=1S/C24H25N5O2/c1-14-7-15(2)9-19(8-14)29-23-21(11-26-29)24(31)27(13-25-23)12-22(30)20-10-16(3)28(17(20)4)18-5-6-18/h7-11,13,18H,5-6,12H2,1-4H3. The summed E-state index contributed by atoms with van der Waals surface area (Å²) in [5, 5.41) is 4.80. The molecule has 0 aliphatic heterocycles. The van der Waals surface area contributed by atoms with Gasteiger partial charge in [0, 0.05) is 23.0 Å². The monoisotopic (exact) mass is 415 g/mol. The molecule has 0 radical (unpaired) electrons. The molecule has 7 heteroatoms. The highest BCUT2D eigenvalue weighted by atomic mass is 16.1. The van der Waals surface area contributed by atoms with E-state index in [1.165, 1.54) is 17.1 Å². The van der Waals surface area contributed by atoms with Gasteiger partial charge in [0.25, 0.3) is 5.56 Å². The van der Waals surface area contributed by atoms with Crippen LogP contribution in [0.3, 0.4) is 0 Å². The lowest BCUT2D eigenvalue weighted by Crippen LogP contribution is -2.25. The molecular weight excluding hydrogens is 390 g/mol. The van der Waals surface area contributed by atoms with E-state index in [1.54, 1.807) is 4.68 Å². The maximum atomic E-state index is 13.1. The molecule has 0 spiro atoms. The number of fused-ring (bicyclic) bond motifs is 1. The second kappa shape index (κ2) is 7.04. The first-order chi connectivity index (χ1) is 14.8. The van der Waals surface area contributed by atoms with Crippen molar-refractivity contribution in [2.75, 3.05) is 0 Å². The van der Waals surface area contributed by atoms with Crippen molar-refractivity contribution in [2.45, 2.75) is 53.1 Å². The minimum Gasteiger partial charge on any atom is -0.345 e. The molecule has 5 rings (SSSR count). The van der Waals surface area contributed by atoms with Crippen molar-refractivity contribution in [1.82, 2.24) is 23.9 Å². The Labute approximate surface area is 180 Å². The molecule has 1 aromatic carbocycles. The number of Topliss-reactive ketones (excluding diaryl/α,β-unsaturated/α-hetero) is 1. The number of hydrogen-bond acceptors (Lipinski definition) is 4. The first-order valence-electron chi connectivity index (χ1n) is 10.6. The topological polar surface area (TPSA) is 74.7 Å². The molecule has 158 valence electrons. The van der Waals surface area contributed by atoms with Gasteiger partial charge >= 0.3 is 0 Å². The fourth-order valence-electron chi connectivity index (χ4n) is 4.52. The smallest absolute Gasteiger partial charge is 0.264 e. The molecule has 1 aliphatic carbocycles. The number of hydrogen-bond donors (Lipinski definition) is 0. The van der Waals surface area contributed by atoms with Crippen LogP contribution in [0.1, 0.15) is 51.8 Å². The quantitative estimate of drug-likeness (QED) is 0.464. The second-order valence-electron chi connectivity index (χ2n) is 8.63. The van der Waals surface area contributed by atoms with Crippen LogP contribution < -0.4 is 5.56 Å². The summed E-state index contributed by atoms with van der Waals surface area (Å²) in [6.45, 7) is 8.02. The van der Waals surface area contributed by atoms with E-state index in [0.29, 0.717) is 22.6 Å². The maximum absolute atomic E-state index is 13.1. The number of carbonyl (C=O) groups is 1. The maximum Gasteiger partial charge on any atom is 0.264 e. The third-order valence-electron chi connectivity index (χ3n) is 6.02. The zero-order chi connectivity index (χ0) is 21.9. The van der Waals surface area contributed by atoms with Gasteiger partial charge in [0.15, 0.2) is 11.4 Å². The Kier molecular flexibility index (Phi) is 4.43. The number of aryl methyl sites for hydroxylation is 3. The van der Waals surface area contributed by atoms with Crippen LogP contribution in [0.2, 0.25) is 0 Å². The van der Waals surface area contributed by atoms with Crippen molar-refractivity contribution in [3.63, 3.8) is 0 Å². The molecule has 1 fully saturated rings. The molecule has 7 nitrogen and oxygen atoms in total. The van der Waals surface area contributed by atoms with Gasteiger partial charge in [-0.3, -0.25) is 14.2 Å². The molecule has 31 heavy (non-hydrogen) atoms. The van der Waals surface area contributed by atoms with Crippen LogP contribution >= 0.6 is 0 Å². The Morgan fingerprint density at radius 3 is 2.45 bits per heavy atom. The van der Waals surface area contributed by atoms with Crippen molar-refractivity contribution < 1.29 is 4.79 Å². The van der Waals surface area contributed by atoms with Gasteiger partial charge in [-0.15, -0.1) is 0 Å². The highest BCUT2D eigenvalue weighted by Gasteiger charge is 2.28. The molecule has 3 heterocycles. The Hall–Kier alpha value is -3.48. The normalized spacial score (nSPS) is 13.8. The van der Waals surface area contributed by atoms with Crippen LogP contribution in [0.4, 0.5) is 0 Å². The lowest BCUT2D eigenvalue weighted by atomic mass is 10.1. The molecule has 0 amide bonds. The first-order valence-corrected chi connectivity index (χ1v) is 10.6. The third-order valence-corrected chi connectivity index (χ3v) is 6.02. The van der Waals surface area contributed by atoms with Crippen LogP contribution in [0.15, 0.2) is 41.6 Å². The van der Waals surface area contributed by atoms with Gasteiger partial charge in [-0.25, -0.2) is 9.67 Å². The summed E-state index contributed by atoms with van der Waals surface area (Å²) in [6, 6.07) is 8.54. The summed E-state index contributed by atoms with van der Waals surface area (Å²) in [6.07, 6.45) is 5.30. The van der Waals surface area contributed by atoms with E-state index in [9.17, 15) is 9.59 Å². The summed E-state index contributed by atoms with van der Waals surface area (Å²) in [7, 11) is 0.